The molecule has 0 aliphatic carbocycles. The molecule has 5 nitrogen and oxygen atoms in total. The van der Waals surface area contributed by atoms with Gasteiger partial charge >= 0.3 is 0 Å². The second-order valence-corrected chi connectivity index (χ2v) is 9.55. The van der Waals surface area contributed by atoms with Gasteiger partial charge in [0, 0.05) is 31.2 Å². The van der Waals surface area contributed by atoms with Crippen LogP contribution in [0.4, 0.5) is 0 Å². The quantitative estimate of drug-likeness (QED) is 0.752. The van der Waals surface area contributed by atoms with E-state index in [4.69, 9.17) is 9.47 Å². The first-order valence-electron chi connectivity index (χ1n) is 10.5. The lowest BCUT2D eigenvalue weighted by molar-refractivity contribution is -0.146. The SMILES string of the molecule is COc1cccc(CN2CCCC3(CCN(C4CCSCC4)C3)C2=O)c1OC. The van der Waals surface area contributed by atoms with Gasteiger partial charge in [-0.2, -0.15) is 11.8 Å². The number of hydrogen-bond acceptors (Lipinski definition) is 5. The van der Waals surface area contributed by atoms with E-state index < -0.39 is 0 Å². The molecule has 0 bridgehead atoms. The van der Waals surface area contributed by atoms with E-state index in [0.29, 0.717) is 18.5 Å². The molecule has 1 aromatic rings. The highest BCUT2D eigenvalue weighted by atomic mass is 32.2. The molecule has 3 heterocycles. The summed E-state index contributed by atoms with van der Waals surface area (Å²) in [5, 5.41) is 0. The van der Waals surface area contributed by atoms with Gasteiger partial charge in [-0.3, -0.25) is 9.69 Å². The number of benzene rings is 1. The van der Waals surface area contributed by atoms with E-state index in [1.165, 1.54) is 24.3 Å². The molecule has 3 aliphatic heterocycles. The standard InChI is InChI=1S/C22H32N2O3S/c1-26-19-6-3-5-17(20(19)27-2)15-23-11-4-9-22(21(23)25)10-12-24(16-22)18-7-13-28-14-8-18/h3,5-6,18H,4,7-16H2,1-2H3. The van der Waals surface area contributed by atoms with Crippen LogP contribution in [0.5, 0.6) is 11.5 Å². The number of nitrogens with zero attached hydrogens (tertiary/aromatic N) is 2. The number of likely N-dealkylation sites (tertiary alicyclic amines) is 2. The van der Waals surface area contributed by atoms with Crippen LogP contribution in [0.1, 0.15) is 37.7 Å². The number of rotatable bonds is 5. The minimum absolute atomic E-state index is 0.172. The van der Waals surface area contributed by atoms with Gasteiger partial charge in [-0.05, 0) is 56.2 Å². The van der Waals surface area contributed by atoms with E-state index in [2.05, 4.69) is 21.6 Å². The van der Waals surface area contributed by atoms with Crippen molar-refractivity contribution in [3.8, 4) is 11.5 Å². The summed E-state index contributed by atoms with van der Waals surface area (Å²) in [6.45, 7) is 3.46. The van der Waals surface area contributed by atoms with Crippen molar-refractivity contribution in [2.24, 2.45) is 5.41 Å². The number of amides is 1. The van der Waals surface area contributed by atoms with Gasteiger partial charge in [0.2, 0.25) is 5.91 Å². The average Bonchev–Trinajstić information content (AvgIpc) is 3.17. The third kappa shape index (κ3) is 3.73. The number of para-hydroxylation sites is 1. The molecule has 4 rings (SSSR count). The van der Waals surface area contributed by atoms with Crippen molar-refractivity contribution in [3.63, 3.8) is 0 Å². The molecule has 3 fully saturated rings. The van der Waals surface area contributed by atoms with Crippen molar-refractivity contribution in [1.29, 1.82) is 0 Å². The molecule has 3 saturated heterocycles. The van der Waals surface area contributed by atoms with Crippen LogP contribution in [0.25, 0.3) is 0 Å². The van der Waals surface area contributed by atoms with Crippen molar-refractivity contribution in [2.45, 2.75) is 44.7 Å². The van der Waals surface area contributed by atoms with Gasteiger partial charge in [0.15, 0.2) is 11.5 Å². The van der Waals surface area contributed by atoms with E-state index in [9.17, 15) is 4.79 Å². The van der Waals surface area contributed by atoms with Gasteiger partial charge in [-0.1, -0.05) is 12.1 Å². The number of hydrogen-bond donors (Lipinski definition) is 0. The van der Waals surface area contributed by atoms with E-state index in [1.54, 1.807) is 14.2 Å². The Morgan fingerprint density at radius 1 is 1.14 bits per heavy atom. The average molecular weight is 405 g/mol. The van der Waals surface area contributed by atoms with Gasteiger partial charge < -0.3 is 14.4 Å². The largest absolute Gasteiger partial charge is 0.493 e. The highest BCUT2D eigenvalue weighted by Gasteiger charge is 2.49. The van der Waals surface area contributed by atoms with Crippen LogP contribution in [0.2, 0.25) is 0 Å². The van der Waals surface area contributed by atoms with Crippen LogP contribution in [0, 0.1) is 5.41 Å². The van der Waals surface area contributed by atoms with Gasteiger partial charge in [0.1, 0.15) is 0 Å². The first kappa shape index (κ1) is 19.9. The number of methoxy groups -OCH3 is 2. The molecule has 1 spiro atoms. The normalized spacial score (nSPS) is 26.8. The third-order valence-electron chi connectivity index (χ3n) is 6.76. The van der Waals surface area contributed by atoms with Crippen molar-refractivity contribution < 1.29 is 14.3 Å². The topological polar surface area (TPSA) is 42.0 Å². The molecule has 0 radical (unpaired) electrons. The fraction of sp³-hybridized carbons (Fsp3) is 0.682. The first-order valence-corrected chi connectivity index (χ1v) is 11.6. The highest BCUT2D eigenvalue weighted by molar-refractivity contribution is 7.99. The minimum atomic E-state index is -0.172. The first-order chi connectivity index (χ1) is 13.7. The summed E-state index contributed by atoms with van der Waals surface area (Å²) >= 11 is 2.07. The second kappa shape index (κ2) is 8.54. The second-order valence-electron chi connectivity index (χ2n) is 8.33. The summed E-state index contributed by atoms with van der Waals surface area (Å²) < 4.78 is 11.0. The van der Waals surface area contributed by atoms with Gasteiger partial charge in [-0.25, -0.2) is 0 Å². The van der Waals surface area contributed by atoms with Crippen LogP contribution >= 0.6 is 11.8 Å². The molecular weight excluding hydrogens is 372 g/mol. The Hall–Kier alpha value is -1.40. The van der Waals surface area contributed by atoms with E-state index in [0.717, 1.165) is 56.0 Å². The molecular formula is C22H32N2O3S. The molecule has 0 N–H and O–H groups in total. The summed E-state index contributed by atoms with van der Waals surface area (Å²) in [5.74, 6) is 4.34. The Morgan fingerprint density at radius 2 is 1.96 bits per heavy atom. The molecule has 1 amide bonds. The molecule has 28 heavy (non-hydrogen) atoms. The molecule has 6 heteroatoms. The van der Waals surface area contributed by atoms with E-state index >= 15 is 0 Å². The Bertz CT molecular complexity index is 707. The van der Waals surface area contributed by atoms with Crippen LogP contribution < -0.4 is 9.47 Å². The molecule has 1 atom stereocenters. The predicted molar refractivity (Wildman–Crippen MR) is 113 cm³/mol. The predicted octanol–water partition coefficient (Wildman–Crippen LogP) is 3.41. The fourth-order valence-corrected chi connectivity index (χ4v) is 6.31. The molecule has 1 aromatic carbocycles. The van der Waals surface area contributed by atoms with Crippen molar-refractivity contribution >= 4 is 17.7 Å². The molecule has 1 unspecified atom stereocenters. The number of carbonyl (C=O) groups excluding carboxylic acids is 1. The minimum Gasteiger partial charge on any atom is -0.493 e. The maximum absolute atomic E-state index is 13.6. The fourth-order valence-electron chi connectivity index (χ4n) is 5.23. The summed E-state index contributed by atoms with van der Waals surface area (Å²) in [5.41, 5.74) is 0.848. The summed E-state index contributed by atoms with van der Waals surface area (Å²) in [4.78, 5) is 18.2. The van der Waals surface area contributed by atoms with Gasteiger partial charge in [0.05, 0.1) is 19.6 Å². The molecule has 154 valence electrons. The summed E-state index contributed by atoms with van der Waals surface area (Å²) in [6, 6.07) is 6.59. The maximum atomic E-state index is 13.6. The van der Waals surface area contributed by atoms with Crippen molar-refractivity contribution in [3.05, 3.63) is 23.8 Å². The Balaban J connectivity index is 1.48. The van der Waals surface area contributed by atoms with Crippen LogP contribution in [0.3, 0.4) is 0 Å². The van der Waals surface area contributed by atoms with Crippen LogP contribution in [0.15, 0.2) is 18.2 Å². The lowest BCUT2D eigenvalue weighted by Crippen LogP contribution is -2.50. The van der Waals surface area contributed by atoms with Crippen molar-refractivity contribution in [2.75, 3.05) is 45.4 Å². The number of thioether (sulfide) groups is 1. The Kier molecular flexibility index (Phi) is 6.07. The zero-order valence-corrected chi connectivity index (χ0v) is 17.9. The van der Waals surface area contributed by atoms with Gasteiger partial charge in [0.25, 0.3) is 0 Å². The van der Waals surface area contributed by atoms with Crippen LogP contribution in [-0.4, -0.2) is 67.1 Å². The zero-order valence-electron chi connectivity index (χ0n) is 17.1. The summed E-state index contributed by atoms with van der Waals surface area (Å²) in [7, 11) is 3.32. The number of ether oxygens (including phenoxy) is 2. The number of piperidine rings is 1. The maximum Gasteiger partial charge on any atom is 0.230 e. The zero-order chi connectivity index (χ0) is 19.6. The molecule has 3 aliphatic rings. The lowest BCUT2D eigenvalue weighted by Gasteiger charge is -2.40. The highest BCUT2D eigenvalue weighted by Crippen LogP contribution is 2.43. The molecule has 0 aromatic heterocycles. The van der Waals surface area contributed by atoms with E-state index in [-0.39, 0.29) is 5.41 Å². The third-order valence-corrected chi connectivity index (χ3v) is 7.81. The monoisotopic (exact) mass is 404 g/mol. The molecule has 0 saturated carbocycles. The van der Waals surface area contributed by atoms with Gasteiger partial charge in [-0.15, -0.1) is 0 Å². The van der Waals surface area contributed by atoms with Crippen LogP contribution in [-0.2, 0) is 11.3 Å². The summed E-state index contributed by atoms with van der Waals surface area (Å²) in [6.07, 6.45) is 5.70. The smallest absolute Gasteiger partial charge is 0.230 e. The number of carbonyl (C=O) groups is 1. The Labute approximate surface area is 172 Å². The van der Waals surface area contributed by atoms with Crippen molar-refractivity contribution in [1.82, 2.24) is 9.80 Å². The Morgan fingerprint density at radius 3 is 2.71 bits per heavy atom. The van der Waals surface area contributed by atoms with E-state index in [1.807, 2.05) is 18.2 Å². The lowest BCUT2D eigenvalue weighted by atomic mass is 9.78.